The Kier molecular flexibility index (Phi) is 3.29. The molecule has 0 spiro atoms. The average Bonchev–Trinajstić information content (AvgIpc) is 2.70. The summed E-state index contributed by atoms with van der Waals surface area (Å²) in [4.78, 5) is 0. The topological polar surface area (TPSA) is 20.2 Å². The molecule has 0 bridgehead atoms. The molecule has 1 N–H and O–H groups in total. The van der Waals surface area contributed by atoms with E-state index < -0.39 is 6.10 Å². The zero-order valence-corrected chi connectivity index (χ0v) is 11.1. The van der Waals surface area contributed by atoms with Crippen molar-refractivity contribution in [2.24, 2.45) is 5.92 Å². The number of aliphatic hydroxyl groups is 1. The van der Waals surface area contributed by atoms with E-state index in [9.17, 15) is 9.50 Å². The van der Waals surface area contributed by atoms with Gasteiger partial charge in [0.2, 0.25) is 0 Å². The van der Waals surface area contributed by atoms with Crippen LogP contribution in [-0.4, -0.2) is 5.11 Å². The summed E-state index contributed by atoms with van der Waals surface area (Å²) in [5, 5.41) is 10.8. The second-order valence-corrected chi connectivity index (χ2v) is 5.45. The number of hydrogen-bond acceptors (Lipinski definition) is 1. The van der Waals surface area contributed by atoms with Gasteiger partial charge in [0.1, 0.15) is 5.82 Å². The summed E-state index contributed by atoms with van der Waals surface area (Å²) in [6, 6.07) is 12.4. The van der Waals surface area contributed by atoms with E-state index in [0.717, 1.165) is 17.5 Å². The van der Waals surface area contributed by atoms with Crippen molar-refractivity contribution >= 4 is 11.6 Å². The number of fused-ring (bicyclic) bond motifs is 1. The standard InChI is InChI=1S/C16H14ClFO/c17-15-9-13(18)6-5-11(15)8-12-7-10-3-1-2-4-14(10)16(12)19/h1-6,9,12,16,19H,7-8H2. The van der Waals surface area contributed by atoms with Crippen molar-refractivity contribution in [1.29, 1.82) is 0 Å². The van der Waals surface area contributed by atoms with Crippen LogP contribution >= 0.6 is 11.6 Å². The SMILES string of the molecule is OC1c2ccccc2CC1Cc1ccc(F)cc1Cl. The minimum absolute atomic E-state index is 0.111. The molecule has 98 valence electrons. The summed E-state index contributed by atoms with van der Waals surface area (Å²) in [6.45, 7) is 0. The van der Waals surface area contributed by atoms with E-state index in [1.807, 2.05) is 24.3 Å². The quantitative estimate of drug-likeness (QED) is 0.881. The zero-order chi connectivity index (χ0) is 13.4. The molecule has 0 amide bonds. The second kappa shape index (κ2) is 4.95. The number of benzene rings is 2. The number of rotatable bonds is 2. The molecule has 1 aliphatic rings. The molecule has 0 aromatic heterocycles. The van der Waals surface area contributed by atoms with Gasteiger partial charge < -0.3 is 5.11 Å². The third-order valence-corrected chi connectivity index (χ3v) is 4.15. The predicted octanol–water partition coefficient (Wildman–Crippen LogP) is 3.93. The molecule has 2 aromatic rings. The van der Waals surface area contributed by atoms with Crippen LogP contribution < -0.4 is 0 Å². The first kappa shape index (κ1) is 12.6. The molecule has 0 fully saturated rings. The molecule has 3 heteroatoms. The molecule has 0 aliphatic heterocycles. The summed E-state index contributed by atoms with van der Waals surface area (Å²) in [5.41, 5.74) is 3.09. The van der Waals surface area contributed by atoms with Gasteiger partial charge in [-0.1, -0.05) is 41.9 Å². The number of halogens is 2. The van der Waals surface area contributed by atoms with Crippen LogP contribution in [0.15, 0.2) is 42.5 Å². The fraction of sp³-hybridized carbons (Fsp3) is 0.250. The maximum absolute atomic E-state index is 13.0. The van der Waals surface area contributed by atoms with E-state index in [1.165, 1.54) is 17.7 Å². The summed E-state index contributed by atoms with van der Waals surface area (Å²) in [6.07, 6.45) is 1.04. The molecule has 1 nitrogen and oxygen atoms in total. The van der Waals surface area contributed by atoms with Gasteiger partial charge in [-0.25, -0.2) is 4.39 Å². The van der Waals surface area contributed by atoms with E-state index in [4.69, 9.17) is 11.6 Å². The first-order valence-electron chi connectivity index (χ1n) is 6.35. The summed E-state index contributed by atoms with van der Waals surface area (Å²) in [5.74, 6) is -0.218. The normalized spacial score (nSPS) is 21.4. The summed E-state index contributed by atoms with van der Waals surface area (Å²) < 4.78 is 13.0. The highest BCUT2D eigenvalue weighted by Crippen LogP contribution is 2.38. The third kappa shape index (κ3) is 2.38. The fourth-order valence-corrected chi connectivity index (χ4v) is 3.05. The molecule has 0 radical (unpaired) electrons. The lowest BCUT2D eigenvalue weighted by molar-refractivity contribution is 0.123. The monoisotopic (exact) mass is 276 g/mol. The smallest absolute Gasteiger partial charge is 0.124 e. The van der Waals surface area contributed by atoms with Crippen molar-refractivity contribution in [2.45, 2.75) is 18.9 Å². The van der Waals surface area contributed by atoms with Crippen LogP contribution in [0.25, 0.3) is 0 Å². The van der Waals surface area contributed by atoms with Crippen molar-refractivity contribution in [3.05, 3.63) is 70.0 Å². The molecule has 0 heterocycles. The molecular weight excluding hydrogens is 263 g/mol. The molecule has 1 aliphatic carbocycles. The highest BCUT2D eigenvalue weighted by molar-refractivity contribution is 6.31. The van der Waals surface area contributed by atoms with Crippen molar-refractivity contribution in [3.63, 3.8) is 0 Å². The van der Waals surface area contributed by atoms with Gasteiger partial charge in [0.25, 0.3) is 0 Å². The first-order chi connectivity index (χ1) is 9.15. The zero-order valence-electron chi connectivity index (χ0n) is 10.3. The van der Waals surface area contributed by atoms with E-state index in [0.29, 0.717) is 11.4 Å². The Morgan fingerprint density at radius 1 is 1.21 bits per heavy atom. The van der Waals surface area contributed by atoms with Crippen molar-refractivity contribution in [2.75, 3.05) is 0 Å². The third-order valence-electron chi connectivity index (χ3n) is 3.80. The molecule has 3 rings (SSSR count). The van der Waals surface area contributed by atoms with Crippen molar-refractivity contribution in [1.82, 2.24) is 0 Å². The van der Waals surface area contributed by atoms with E-state index >= 15 is 0 Å². The molecule has 0 saturated carbocycles. The Labute approximate surface area is 116 Å². The lowest BCUT2D eigenvalue weighted by Gasteiger charge is -2.15. The van der Waals surface area contributed by atoms with Crippen LogP contribution in [0.2, 0.25) is 5.02 Å². The second-order valence-electron chi connectivity index (χ2n) is 5.05. The Morgan fingerprint density at radius 2 is 2.00 bits per heavy atom. The van der Waals surface area contributed by atoms with Gasteiger partial charge in [-0.05, 0) is 47.6 Å². The summed E-state index contributed by atoms with van der Waals surface area (Å²) >= 11 is 6.05. The first-order valence-corrected chi connectivity index (χ1v) is 6.73. The van der Waals surface area contributed by atoms with Gasteiger partial charge in [0, 0.05) is 5.02 Å². The van der Waals surface area contributed by atoms with Crippen molar-refractivity contribution < 1.29 is 9.50 Å². The van der Waals surface area contributed by atoms with Crippen LogP contribution in [0.4, 0.5) is 4.39 Å². The molecule has 0 saturated heterocycles. The van der Waals surface area contributed by atoms with E-state index in [1.54, 1.807) is 6.07 Å². The molecule has 19 heavy (non-hydrogen) atoms. The number of aliphatic hydroxyl groups excluding tert-OH is 1. The van der Waals surface area contributed by atoms with Gasteiger partial charge in [-0.3, -0.25) is 0 Å². The van der Waals surface area contributed by atoms with Crippen LogP contribution in [-0.2, 0) is 12.8 Å². The predicted molar refractivity (Wildman–Crippen MR) is 73.7 cm³/mol. The van der Waals surface area contributed by atoms with Gasteiger partial charge in [0.05, 0.1) is 6.10 Å². The Bertz CT molecular complexity index is 611. The minimum Gasteiger partial charge on any atom is -0.388 e. The largest absolute Gasteiger partial charge is 0.388 e. The van der Waals surface area contributed by atoms with Gasteiger partial charge in [0.15, 0.2) is 0 Å². The van der Waals surface area contributed by atoms with Crippen LogP contribution in [0.3, 0.4) is 0 Å². The van der Waals surface area contributed by atoms with E-state index in [-0.39, 0.29) is 11.7 Å². The molecule has 2 aromatic carbocycles. The highest BCUT2D eigenvalue weighted by Gasteiger charge is 2.30. The average molecular weight is 277 g/mol. The van der Waals surface area contributed by atoms with Gasteiger partial charge in [-0.15, -0.1) is 0 Å². The highest BCUT2D eigenvalue weighted by atomic mass is 35.5. The van der Waals surface area contributed by atoms with Crippen LogP contribution in [0.1, 0.15) is 22.8 Å². The molecule has 2 atom stereocenters. The minimum atomic E-state index is -0.461. The molecule has 2 unspecified atom stereocenters. The fourth-order valence-electron chi connectivity index (χ4n) is 2.81. The Morgan fingerprint density at radius 3 is 2.74 bits per heavy atom. The van der Waals surface area contributed by atoms with Gasteiger partial charge >= 0.3 is 0 Å². The Hall–Kier alpha value is -1.38. The van der Waals surface area contributed by atoms with Crippen LogP contribution in [0.5, 0.6) is 0 Å². The maximum atomic E-state index is 13.0. The van der Waals surface area contributed by atoms with Crippen molar-refractivity contribution in [3.8, 4) is 0 Å². The number of hydrogen-bond donors (Lipinski definition) is 1. The lowest BCUT2D eigenvalue weighted by atomic mass is 9.94. The maximum Gasteiger partial charge on any atom is 0.124 e. The lowest BCUT2D eigenvalue weighted by Crippen LogP contribution is -2.10. The molecular formula is C16H14ClFO. The summed E-state index contributed by atoms with van der Waals surface area (Å²) in [7, 11) is 0. The van der Waals surface area contributed by atoms with Crippen LogP contribution in [0, 0.1) is 11.7 Å². The van der Waals surface area contributed by atoms with Gasteiger partial charge in [-0.2, -0.15) is 0 Å². The van der Waals surface area contributed by atoms with E-state index in [2.05, 4.69) is 0 Å². The Balaban J connectivity index is 1.83.